The van der Waals surface area contributed by atoms with Gasteiger partial charge in [-0.1, -0.05) is 6.92 Å². The summed E-state index contributed by atoms with van der Waals surface area (Å²) in [6.07, 6.45) is 0.809. The highest BCUT2D eigenvalue weighted by Gasteiger charge is 1.72. The van der Waals surface area contributed by atoms with Crippen LogP contribution in [0.15, 0.2) is 24.4 Å². The lowest BCUT2D eigenvalue weighted by atomic mass is 10.5. The van der Waals surface area contributed by atoms with Crippen molar-refractivity contribution in [3.8, 4) is 0 Å². The van der Waals surface area contributed by atoms with Crippen molar-refractivity contribution in [2.24, 2.45) is 0 Å². The van der Waals surface area contributed by atoms with Crippen LogP contribution in [0.25, 0.3) is 0 Å². The molecule has 0 saturated carbocycles. The average molecular weight is 128 g/mol. The maximum atomic E-state index is 10.3. The van der Waals surface area contributed by atoms with Crippen LogP contribution in [0.3, 0.4) is 0 Å². The zero-order valence-electron chi connectivity index (χ0n) is 5.22. The lowest BCUT2D eigenvalue weighted by Crippen LogP contribution is -2.10. The number of hydrogen-bond acceptors (Lipinski definition) is 3. The molecular formula is C6H8O3-2. The molecule has 0 radical (unpaired) electrons. The van der Waals surface area contributed by atoms with E-state index in [-0.39, 0.29) is 6.61 Å². The second kappa shape index (κ2) is 3.83. The smallest absolute Gasteiger partial charge is 0.0505 e. The second-order valence-corrected chi connectivity index (χ2v) is 1.36. The van der Waals surface area contributed by atoms with E-state index in [1.54, 1.807) is 6.92 Å². The Morgan fingerprint density at radius 1 is 1.67 bits per heavy atom. The van der Waals surface area contributed by atoms with Crippen LogP contribution < -0.4 is 10.2 Å². The summed E-state index contributed by atoms with van der Waals surface area (Å²) in [7, 11) is 0. The first-order chi connectivity index (χ1) is 4.16. The minimum absolute atomic E-state index is 0.280. The Labute approximate surface area is 53.9 Å². The van der Waals surface area contributed by atoms with Crippen molar-refractivity contribution in [1.29, 1.82) is 0 Å². The van der Waals surface area contributed by atoms with Crippen LogP contribution in [0.1, 0.15) is 6.92 Å². The number of allylic oxidation sites excluding steroid dienone is 1. The van der Waals surface area contributed by atoms with Crippen molar-refractivity contribution < 1.29 is 14.9 Å². The van der Waals surface area contributed by atoms with Gasteiger partial charge in [0, 0.05) is 0 Å². The van der Waals surface area contributed by atoms with Crippen molar-refractivity contribution in [3.05, 3.63) is 24.4 Å². The summed E-state index contributed by atoms with van der Waals surface area (Å²) in [5.41, 5.74) is 0. The molecule has 52 valence electrons. The first-order valence-electron chi connectivity index (χ1n) is 2.54. The van der Waals surface area contributed by atoms with Gasteiger partial charge in [-0.15, -0.1) is 12.3 Å². The Kier molecular flexibility index (Phi) is 3.35. The van der Waals surface area contributed by atoms with E-state index in [1.165, 1.54) is 0 Å². The number of rotatable bonds is 3. The van der Waals surface area contributed by atoms with Crippen molar-refractivity contribution in [2.75, 3.05) is 6.61 Å². The minimum Gasteiger partial charge on any atom is -0.873 e. The predicted molar refractivity (Wildman–Crippen MR) is 28.8 cm³/mol. The van der Waals surface area contributed by atoms with Crippen molar-refractivity contribution in [3.63, 3.8) is 0 Å². The molecule has 0 aliphatic carbocycles. The Bertz CT molecular complexity index is 126. The summed E-state index contributed by atoms with van der Waals surface area (Å²) in [6.45, 7) is 4.91. The van der Waals surface area contributed by atoms with Crippen LogP contribution in [0.2, 0.25) is 0 Å². The summed E-state index contributed by atoms with van der Waals surface area (Å²) in [5, 5.41) is 20.4. The van der Waals surface area contributed by atoms with Gasteiger partial charge in [-0.2, -0.15) is 0 Å². The van der Waals surface area contributed by atoms with E-state index in [0.717, 1.165) is 6.08 Å². The van der Waals surface area contributed by atoms with E-state index < -0.39 is 11.7 Å². The van der Waals surface area contributed by atoms with Crippen molar-refractivity contribution >= 4 is 0 Å². The van der Waals surface area contributed by atoms with Gasteiger partial charge in [0.05, 0.1) is 5.95 Å². The van der Waals surface area contributed by atoms with Gasteiger partial charge in [0.1, 0.15) is 0 Å². The van der Waals surface area contributed by atoms with Gasteiger partial charge >= 0.3 is 0 Å². The molecule has 0 aliphatic rings. The van der Waals surface area contributed by atoms with Gasteiger partial charge < -0.3 is 14.9 Å². The molecule has 0 rings (SSSR count). The summed E-state index contributed by atoms with van der Waals surface area (Å²) in [5.74, 6) is -1.16. The predicted octanol–water partition coefficient (Wildman–Crippen LogP) is -0.901. The van der Waals surface area contributed by atoms with Crippen LogP contribution in [0, 0.1) is 0 Å². The van der Waals surface area contributed by atoms with E-state index in [1.807, 2.05) is 0 Å². The summed E-state index contributed by atoms with van der Waals surface area (Å²) in [4.78, 5) is 0. The third-order valence-corrected chi connectivity index (χ3v) is 0.565. The van der Waals surface area contributed by atoms with Crippen molar-refractivity contribution in [1.82, 2.24) is 0 Å². The van der Waals surface area contributed by atoms with E-state index >= 15 is 0 Å². The quantitative estimate of drug-likeness (QED) is 0.365. The highest BCUT2D eigenvalue weighted by molar-refractivity contribution is 5.03. The van der Waals surface area contributed by atoms with E-state index in [0.29, 0.717) is 0 Å². The van der Waals surface area contributed by atoms with Crippen LogP contribution in [-0.2, 0) is 4.74 Å². The molecule has 0 heterocycles. The Hall–Kier alpha value is -1.12. The van der Waals surface area contributed by atoms with Crippen LogP contribution >= 0.6 is 0 Å². The first-order valence-corrected chi connectivity index (χ1v) is 2.54. The van der Waals surface area contributed by atoms with E-state index in [4.69, 9.17) is 0 Å². The molecule has 0 aromatic heterocycles. The highest BCUT2D eigenvalue weighted by Crippen LogP contribution is 1.88. The molecule has 0 unspecified atom stereocenters. The standard InChI is InChI=1S/C6H10O3/c1-3-9-6(8)4-5(2)7/h4,7-8H,2-3H2,1H3/p-2/b6-4+. The molecule has 3 heteroatoms. The molecule has 0 saturated heterocycles. The topological polar surface area (TPSA) is 55.3 Å². The van der Waals surface area contributed by atoms with Gasteiger partial charge in [0.15, 0.2) is 0 Å². The molecular weight excluding hydrogens is 120 g/mol. The molecule has 0 bridgehead atoms. The summed E-state index contributed by atoms with van der Waals surface area (Å²) >= 11 is 0. The van der Waals surface area contributed by atoms with E-state index in [9.17, 15) is 10.2 Å². The van der Waals surface area contributed by atoms with Crippen LogP contribution in [-0.4, -0.2) is 6.61 Å². The fraction of sp³-hybridized carbons (Fsp3) is 0.333. The Morgan fingerprint density at radius 2 is 2.22 bits per heavy atom. The SMILES string of the molecule is C=C([O-])/C=C(\[O-])OCC. The molecule has 0 spiro atoms. The fourth-order valence-corrected chi connectivity index (χ4v) is 0.315. The van der Waals surface area contributed by atoms with Gasteiger partial charge in [-0.25, -0.2) is 0 Å². The zero-order valence-corrected chi connectivity index (χ0v) is 5.22. The lowest BCUT2D eigenvalue weighted by molar-refractivity contribution is -0.360. The Balaban J connectivity index is 3.69. The molecule has 0 N–H and O–H groups in total. The molecule has 3 nitrogen and oxygen atoms in total. The van der Waals surface area contributed by atoms with Gasteiger partial charge in [-0.3, -0.25) is 0 Å². The molecule has 0 aliphatic heterocycles. The third-order valence-electron chi connectivity index (χ3n) is 0.565. The molecule has 0 fully saturated rings. The first kappa shape index (κ1) is 7.88. The fourth-order valence-electron chi connectivity index (χ4n) is 0.315. The molecule has 0 amide bonds. The maximum absolute atomic E-state index is 10.3. The van der Waals surface area contributed by atoms with Crippen LogP contribution in [0.5, 0.6) is 0 Å². The molecule has 0 aromatic rings. The normalized spacial score (nSPS) is 11.0. The highest BCUT2D eigenvalue weighted by atomic mass is 16.6. The van der Waals surface area contributed by atoms with Gasteiger partial charge in [0.2, 0.25) is 0 Å². The summed E-state index contributed by atoms with van der Waals surface area (Å²) < 4.78 is 4.40. The monoisotopic (exact) mass is 128 g/mol. The minimum atomic E-state index is -0.627. The second-order valence-electron chi connectivity index (χ2n) is 1.36. The van der Waals surface area contributed by atoms with Gasteiger partial charge in [-0.05, 0) is 12.7 Å². The number of hydrogen-bond donors (Lipinski definition) is 0. The average Bonchev–Trinajstić information content (AvgIpc) is 1.63. The van der Waals surface area contributed by atoms with Crippen molar-refractivity contribution in [2.45, 2.75) is 6.92 Å². The number of ether oxygens (including phenoxy) is 1. The van der Waals surface area contributed by atoms with E-state index in [2.05, 4.69) is 11.3 Å². The zero-order chi connectivity index (χ0) is 7.28. The maximum Gasteiger partial charge on any atom is 0.0505 e. The van der Waals surface area contributed by atoms with Gasteiger partial charge in [0.25, 0.3) is 0 Å². The largest absolute Gasteiger partial charge is 0.873 e. The molecule has 9 heavy (non-hydrogen) atoms. The third kappa shape index (κ3) is 4.74. The Morgan fingerprint density at radius 3 is 2.56 bits per heavy atom. The molecule has 0 atom stereocenters. The van der Waals surface area contributed by atoms with Crippen LogP contribution in [0.4, 0.5) is 0 Å². The molecule has 0 aromatic carbocycles. The summed E-state index contributed by atoms with van der Waals surface area (Å²) in [6, 6.07) is 0. The lowest BCUT2D eigenvalue weighted by Gasteiger charge is -2.14.